The van der Waals surface area contributed by atoms with Gasteiger partial charge in [-0.25, -0.2) is 0 Å². The first-order chi connectivity index (χ1) is 8.72. The van der Waals surface area contributed by atoms with Crippen LogP contribution in [0.4, 0.5) is 0 Å². The summed E-state index contributed by atoms with van der Waals surface area (Å²) in [5, 5.41) is 9.99. The van der Waals surface area contributed by atoms with Crippen molar-refractivity contribution in [3.8, 4) is 5.75 Å². The lowest BCUT2D eigenvalue weighted by atomic mass is 10.00. The molecule has 0 bridgehead atoms. The first-order valence-corrected chi connectivity index (χ1v) is 5.63. The quantitative estimate of drug-likeness (QED) is 0.838. The maximum atomic E-state index is 12.1. The molecule has 0 saturated heterocycles. The molecule has 0 aliphatic rings. The number of ketones is 1. The molecule has 0 aliphatic carbocycles. The molecular formula is C15H14O3. The van der Waals surface area contributed by atoms with Crippen molar-refractivity contribution >= 4 is 5.78 Å². The van der Waals surface area contributed by atoms with Crippen LogP contribution in [0.2, 0.25) is 0 Å². The zero-order valence-electron chi connectivity index (χ0n) is 10.0. The Hall–Kier alpha value is -2.13. The van der Waals surface area contributed by atoms with E-state index in [2.05, 4.69) is 0 Å². The summed E-state index contributed by atoms with van der Waals surface area (Å²) >= 11 is 0. The number of Topliss-reactive ketones (excluding diaryl/α,β-unsaturated/α-hetero) is 1. The summed E-state index contributed by atoms with van der Waals surface area (Å²) in [4.78, 5) is 12.1. The van der Waals surface area contributed by atoms with Crippen LogP contribution in [0.3, 0.4) is 0 Å². The number of hydrogen-bond donors (Lipinski definition) is 1. The smallest absolute Gasteiger partial charge is 0.195 e. The van der Waals surface area contributed by atoms with Crippen molar-refractivity contribution in [1.29, 1.82) is 0 Å². The van der Waals surface area contributed by atoms with E-state index in [0.717, 1.165) is 0 Å². The highest BCUT2D eigenvalue weighted by Crippen LogP contribution is 2.20. The molecule has 0 spiro atoms. The van der Waals surface area contributed by atoms with Gasteiger partial charge in [-0.15, -0.1) is 0 Å². The molecule has 92 valence electrons. The second-order valence-electron chi connectivity index (χ2n) is 3.91. The summed E-state index contributed by atoms with van der Waals surface area (Å²) in [6.45, 7) is 0. The monoisotopic (exact) mass is 242 g/mol. The summed E-state index contributed by atoms with van der Waals surface area (Å²) in [6, 6.07) is 15.6. The minimum atomic E-state index is -1.13. The molecule has 0 fully saturated rings. The number of ether oxygens (including phenoxy) is 1. The van der Waals surface area contributed by atoms with Crippen molar-refractivity contribution in [1.82, 2.24) is 0 Å². The van der Waals surface area contributed by atoms with Crippen LogP contribution in [0.1, 0.15) is 22.0 Å². The molecule has 2 aromatic carbocycles. The van der Waals surface area contributed by atoms with Crippen molar-refractivity contribution in [3.63, 3.8) is 0 Å². The molecule has 2 rings (SSSR count). The van der Waals surface area contributed by atoms with Gasteiger partial charge in [0.05, 0.1) is 7.11 Å². The fourth-order valence-corrected chi connectivity index (χ4v) is 1.70. The highest BCUT2D eigenvalue weighted by Gasteiger charge is 2.18. The summed E-state index contributed by atoms with van der Waals surface area (Å²) in [7, 11) is 1.57. The van der Waals surface area contributed by atoms with Gasteiger partial charge in [-0.3, -0.25) is 4.79 Å². The second kappa shape index (κ2) is 5.47. The Kier molecular flexibility index (Phi) is 3.75. The van der Waals surface area contributed by atoms with Gasteiger partial charge in [0.1, 0.15) is 11.9 Å². The number of carbonyl (C=O) groups excluding carboxylic acids is 1. The topological polar surface area (TPSA) is 46.5 Å². The van der Waals surface area contributed by atoms with Gasteiger partial charge in [-0.05, 0) is 29.8 Å². The molecule has 1 N–H and O–H groups in total. The van der Waals surface area contributed by atoms with Crippen LogP contribution in [0.25, 0.3) is 0 Å². The van der Waals surface area contributed by atoms with Crippen LogP contribution in [-0.2, 0) is 0 Å². The molecular weight excluding hydrogens is 228 g/mol. The molecule has 0 aliphatic heterocycles. The van der Waals surface area contributed by atoms with Crippen LogP contribution < -0.4 is 4.74 Å². The zero-order chi connectivity index (χ0) is 13.0. The summed E-state index contributed by atoms with van der Waals surface area (Å²) in [5.74, 6) is 0.365. The lowest BCUT2D eigenvalue weighted by Gasteiger charge is -2.10. The van der Waals surface area contributed by atoms with Crippen LogP contribution >= 0.6 is 0 Å². The van der Waals surface area contributed by atoms with Gasteiger partial charge in [0, 0.05) is 5.56 Å². The van der Waals surface area contributed by atoms with E-state index in [4.69, 9.17) is 4.74 Å². The SMILES string of the molecule is COc1ccc(C(=O)[C@H](O)c2ccccc2)cc1. The summed E-state index contributed by atoms with van der Waals surface area (Å²) in [6.07, 6.45) is -1.13. The highest BCUT2D eigenvalue weighted by molar-refractivity contribution is 5.99. The summed E-state index contributed by atoms with van der Waals surface area (Å²) in [5.41, 5.74) is 1.06. The van der Waals surface area contributed by atoms with Crippen LogP contribution in [-0.4, -0.2) is 18.0 Å². The average Bonchev–Trinajstić information content (AvgIpc) is 2.47. The molecule has 1 atom stereocenters. The molecule has 0 unspecified atom stereocenters. The van der Waals surface area contributed by atoms with E-state index in [-0.39, 0.29) is 5.78 Å². The maximum absolute atomic E-state index is 12.1. The Bertz CT molecular complexity index is 517. The number of aliphatic hydroxyl groups excluding tert-OH is 1. The lowest BCUT2D eigenvalue weighted by Crippen LogP contribution is -2.12. The summed E-state index contributed by atoms with van der Waals surface area (Å²) < 4.78 is 5.02. The molecule has 0 saturated carbocycles. The normalized spacial score (nSPS) is 11.9. The molecule has 0 radical (unpaired) electrons. The molecule has 2 aromatic rings. The third-order valence-corrected chi connectivity index (χ3v) is 2.74. The van der Waals surface area contributed by atoms with Gasteiger partial charge in [0.15, 0.2) is 5.78 Å². The van der Waals surface area contributed by atoms with Crippen LogP contribution in [0, 0.1) is 0 Å². The number of benzene rings is 2. The largest absolute Gasteiger partial charge is 0.497 e. The van der Waals surface area contributed by atoms with Gasteiger partial charge in [0.25, 0.3) is 0 Å². The molecule has 3 nitrogen and oxygen atoms in total. The molecule has 3 heteroatoms. The first kappa shape index (κ1) is 12.3. The first-order valence-electron chi connectivity index (χ1n) is 5.63. The second-order valence-corrected chi connectivity index (χ2v) is 3.91. The van der Waals surface area contributed by atoms with Gasteiger partial charge in [-0.2, -0.15) is 0 Å². The van der Waals surface area contributed by atoms with E-state index < -0.39 is 6.10 Å². The predicted octanol–water partition coefficient (Wildman–Crippen LogP) is 2.61. The van der Waals surface area contributed by atoms with Crippen molar-refractivity contribution in [2.24, 2.45) is 0 Å². The van der Waals surface area contributed by atoms with Gasteiger partial charge in [-0.1, -0.05) is 30.3 Å². The minimum absolute atomic E-state index is 0.316. The average molecular weight is 242 g/mol. The van der Waals surface area contributed by atoms with E-state index in [9.17, 15) is 9.90 Å². The number of rotatable bonds is 4. The van der Waals surface area contributed by atoms with Gasteiger partial charge >= 0.3 is 0 Å². The van der Waals surface area contributed by atoms with E-state index in [0.29, 0.717) is 16.9 Å². The van der Waals surface area contributed by atoms with Gasteiger partial charge < -0.3 is 9.84 Å². The molecule has 0 amide bonds. The van der Waals surface area contributed by atoms with E-state index in [1.54, 1.807) is 55.6 Å². The Morgan fingerprint density at radius 1 is 1.06 bits per heavy atom. The van der Waals surface area contributed by atoms with Crippen molar-refractivity contribution in [2.75, 3.05) is 7.11 Å². The van der Waals surface area contributed by atoms with Gasteiger partial charge in [0.2, 0.25) is 0 Å². The third kappa shape index (κ3) is 2.57. The van der Waals surface area contributed by atoms with Crippen LogP contribution in [0.15, 0.2) is 54.6 Å². The van der Waals surface area contributed by atoms with E-state index >= 15 is 0 Å². The minimum Gasteiger partial charge on any atom is -0.497 e. The van der Waals surface area contributed by atoms with Crippen LogP contribution in [0.5, 0.6) is 5.75 Å². The predicted molar refractivity (Wildman–Crippen MR) is 68.7 cm³/mol. The standard InChI is InChI=1S/C15H14O3/c1-18-13-9-7-12(8-10-13)15(17)14(16)11-5-3-2-4-6-11/h2-10,14,16H,1H3/t14-/m1/s1. The van der Waals surface area contributed by atoms with Crippen molar-refractivity contribution in [2.45, 2.75) is 6.10 Å². The number of aliphatic hydroxyl groups is 1. The Labute approximate surface area is 106 Å². The number of methoxy groups -OCH3 is 1. The molecule has 0 heterocycles. The van der Waals surface area contributed by atoms with Crippen molar-refractivity contribution in [3.05, 3.63) is 65.7 Å². The Balaban J connectivity index is 2.20. The van der Waals surface area contributed by atoms with E-state index in [1.165, 1.54) is 0 Å². The number of carbonyl (C=O) groups is 1. The molecule has 18 heavy (non-hydrogen) atoms. The fraction of sp³-hybridized carbons (Fsp3) is 0.133. The Morgan fingerprint density at radius 3 is 2.22 bits per heavy atom. The fourth-order valence-electron chi connectivity index (χ4n) is 1.70. The maximum Gasteiger partial charge on any atom is 0.195 e. The highest BCUT2D eigenvalue weighted by atomic mass is 16.5. The van der Waals surface area contributed by atoms with Crippen molar-refractivity contribution < 1.29 is 14.6 Å². The zero-order valence-corrected chi connectivity index (χ0v) is 10.0. The number of hydrogen-bond acceptors (Lipinski definition) is 3. The molecule has 0 aromatic heterocycles. The third-order valence-electron chi connectivity index (χ3n) is 2.74. The van der Waals surface area contributed by atoms with E-state index in [1.807, 2.05) is 6.07 Å². The lowest BCUT2D eigenvalue weighted by molar-refractivity contribution is 0.0747. The Morgan fingerprint density at radius 2 is 1.67 bits per heavy atom.